The van der Waals surface area contributed by atoms with Gasteiger partial charge >= 0.3 is 5.97 Å². The molecular formula is C19H28N2O6S2. The fourth-order valence-electron chi connectivity index (χ4n) is 2.59. The molecule has 162 valence electrons. The molecule has 0 unspecified atom stereocenters. The highest BCUT2D eigenvalue weighted by atomic mass is 33.1. The minimum Gasteiger partial charge on any atom is -0.497 e. The van der Waals surface area contributed by atoms with Crippen LogP contribution in [0.1, 0.15) is 29.4 Å². The monoisotopic (exact) mass is 444 g/mol. The maximum absolute atomic E-state index is 12.3. The zero-order chi connectivity index (χ0) is 21.8. The van der Waals surface area contributed by atoms with Gasteiger partial charge in [0.2, 0.25) is 0 Å². The number of ether oxygens (including phenoxy) is 2. The van der Waals surface area contributed by atoms with Crippen LogP contribution in [0.2, 0.25) is 0 Å². The van der Waals surface area contributed by atoms with Gasteiger partial charge in [0, 0.05) is 35.5 Å². The Bertz CT molecular complexity index is 758. The number of esters is 1. The molecule has 0 aliphatic heterocycles. The van der Waals surface area contributed by atoms with Crippen LogP contribution in [0.25, 0.3) is 6.08 Å². The average molecular weight is 445 g/mol. The van der Waals surface area contributed by atoms with Crippen molar-refractivity contribution >= 4 is 33.6 Å². The Hall–Kier alpha value is -2.07. The molecule has 1 rings (SSSR count). The minimum atomic E-state index is -0.808. The van der Waals surface area contributed by atoms with Crippen molar-refractivity contribution in [2.24, 2.45) is 7.05 Å². The summed E-state index contributed by atoms with van der Waals surface area (Å²) in [5.74, 6) is 1.51. The first-order valence-electron chi connectivity index (χ1n) is 9.02. The Morgan fingerprint density at radius 2 is 1.86 bits per heavy atom. The number of carbonyl (C=O) groups is 1. The predicted molar refractivity (Wildman–Crippen MR) is 117 cm³/mol. The fraction of sp³-hybridized carbons (Fsp3) is 0.526. The molecule has 0 saturated carbocycles. The van der Waals surface area contributed by atoms with E-state index in [2.05, 4.69) is 9.40 Å². The van der Waals surface area contributed by atoms with Crippen molar-refractivity contribution in [3.8, 4) is 0 Å². The topological polar surface area (TPSA) is 92.8 Å². The molecule has 1 aromatic rings. The second-order valence-electron chi connectivity index (χ2n) is 5.97. The van der Waals surface area contributed by atoms with E-state index >= 15 is 0 Å². The van der Waals surface area contributed by atoms with E-state index in [1.807, 2.05) is 46.0 Å². The maximum Gasteiger partial charge on any atom is 0.310 e. The van der Waals surface area contributed by atoms with Gasteiger partial charge in [0.05, 0.1) is 13.5 Å². The number of methoxy groups -OCH3 is 1. The Morgan fingerprint density at radius 1 is 1.21 bits per heavy atom. The SMILES string of the molecule is C/C=C\C(=C/c1c(CC(=O)OCCSSCCO[N+](=O)[O-])c(C)n(C)c1C)OC. The number of allylic oxidation sites excluding steroid dienone is 2. The van der Waals surface area contributed by atoms with Gasteiger partial charge < -0.3 is 18.9 Å². The van der Waals surface area contributed by atoms with E-state index in [0.717, 1.165) is 22.5 Å². The first-order chi connectivity index (χ1) is 13.8. The third kappa shape index (κ3) is 8.45. The summed E-state index contributed by atoms with van der Waals surface area (Å²) in [5.41, 5.74) is 3.95. The average Bonchev–Trinajstić information content (AvgIpc) is 2.87. The molecule has 0 spiro atoms. The van der Waals surface area contributed by atoms with Crippen LogP contribution in [-0.2, 0) is 32.6 Å². The van der Waals surface area contributed by atoms with Gasteiger partial charge in [-0.2, -0.15) is 0 Å². The molecule has 1 aromatic heterocycles. The normalized spacial score (nSPS) is 11.7. The largest absolute Gasteiger partial charge is 0.497 e. The summed E-state index contributed by atoms with van der Waals surface area (Å²) >= 11 is 0. The molecule has 8 nitrogen and oxygen atoms in total. The van der Waals surface area contributed by atoms with Crippen molar-refractivity contribution in [3.05, 3.63) is 50.5 Å². The van der Waals surface area contributed by atoms with Gasteiger partial charge in [-0.05, 0) is 38.5 Å². The van der Waals surface area contributed by atoms with Crippen molar-refractivity contribution < 1.29 is 24.2 Å². The molecule has 0 fully saturated rings. The van der Waals surface area contributed by atoms with Gasteiger partial charge in [-0.15, -0.1) is 10.1 Å². The first kappa shape index (κ1) is 25.0. The summed E-state index contributed by atoms with van der Waals surface area (Å²) in [6, 6.07) is 0. The molecule has 29 heavy (non-hydrogen) atoms. The van der Waals surface area contributed by atoms with Crippen molar-refractivity contribution in [2.45, 2.75) is 27.2 Å². The van der Waals surface area contributed by atoms with Gasteiger partial charge in [0.25, 0.3) is 5.09 Å². The highest BCUT2D eigenvalue weighted by Crippen LogP contribution is 2.25. The Morgan fingerprint density at radius 3 is 2.45 bits per heavy atom. The zero-order valence-corrected chi connectivity index (χ0v) is 19.1. The highest BCUT2D eigenvalue weighted by molar-refractivity contribution is 8.76. The lowest BCUT2D eigenvalue weighted by atomic mass is 10.0. The van der Waals surface area contributed by atoms with Crippen molar-refractivity contribution in [1.29, 1.82) is 0 Å². The smallest absolute Gasteiger partial charge is 0.310 e. The molecule has 0 bridgehead atoms. The van der Waals surface area contributed by atoms with Crippen LogP contribution in [0.15, 0.2) is 17.9 Å². The summed E-state index contributed by atoms with van der Waals surface area (Å²) < 4.78 is 12.8. The molecule has 0 radical (unpaired) electrons. The second-order valence-corrected chi connectivity index (χ2v) is 8.67. The molecule has 0 aliphatic carbocycles. The molecule has 0 amide bonds. The highest BCUT2D eigenvalue weighted by Gasteiger charge is 2.18. The second kappa shape index (κ2) is 13.2. The predicted octanol–water partition coefficient (Wildman–Crippen LogP) is 3.88. The Balaban J connectivity index is 2.61. The summed E-state index contributed by atoms with van der Waals surface area (Å²) in [6.07, 6.45) is 5.88. The number of nitrogens with zero attached hydrogens (tertiary/aromatic N) is 2. The molecule has 0 aromatic carbocycles. The van der Waals surface area contributed by atoms with Crippen LogP contribution in [0.4, 0.5) is 0 Å². The van der Waals surface area contributed by atoms with E-state index in [0.29, 0.717) is 17.3 Å². The van der Waals surface area contributed by atoms with Crippen LogP contribution in [0, 0.1) is 24.0 Å². The lowest BCUT2D eigenvalue weighted by Crippen LogP contribution is -2.11. The molecule has 1 heterocycles. The van der Waals surface area contributed by atoms with Crippen LogP contribution < -0.4 is 0 Å². The van der Waals surface area contributed by atoms with Gasteiger partial charge in [0.1, 0.15) is 19.0 Å². The van der Waals surface area contributed by atoms with E-state index < -0.39 is 5.09 Å². The summed E-state index contributed by atoms with van der Waals surface area (Å²) in [4.78, 5) is 26.6. The summed E-state index contributed by atoms with van der Waals surface area (Å²) in [6.45, 7) is 6.23. The fourth-order valence-corrected chi connectivity index (χ4v) is 4.24. The number of carbonyl (C=O) groups excluding carboxylic acids is 1. The first-order valence-corrected chi connectivity index (χ1v) is 11.5. The van der Waals surface area contributed by atoms with E-state index in [9.17, 15) is 14.9 Å². The summed E-state index contributed by atoms with van der Waals surface area (Å²) in [5, 5.41) is 9.23. The third-order valence-electron chi connectivity index (χ3n) is 4.21. The molecule has 10 heteroatoms. The van der Waals surface area contributed by atoms with Crippen LogP contribution in [0.3, 0.4) is 0 Å². The third-order valence-corrected chi connectivity index (χ3v) is 6.54. The zero-order valence-electron chi connectivity index (χ0n) is 17.4. The van der Waals surface area contributed by atoms with E-state index in [-0.39, 0.29) is 25.6 Å². The summed E-state index contributed by atoms with van der Waals surface area (Å²) in [7, 11) is 6.50. The lowest BCUT2D eigenvalue weighted by molar-refractivity contribution is -0.756. The Labute approximate surface area is 179 Å². The van der Waals surface area contributed by atoms with Crippen molar-refractivity contribution in [2.75, 3.05) is 31.8 Å². The molecular weight excluding hydrogens is 416 g/mol. The van der Waals surface area contributed by atoms with Crippen LogP contribution in [0.5, 0.6) is 0 Å². The number of aromatic nitrogens is 1. The molecule has 0 N–H and O–H groups in total. The van der Waals surface area contributed by atoms with Gasteiger partial charge in [-0.3, -0.25) is 4.79 Å². The number of hydrogen-bond acceptors (Lipinski definition) is 8. The van der Waals surface area contributed by atoms with E-state index in [1.54, 1.807) is 7.11 Å². The van der Waals surface area contributed by atoms with Crippen LogP contribution in [-0.4, -0.2) is 47.5 Å². The minimum absolute atomic E-state index is 0.0457. The van der Waals surface area contributed by atoms with Gasteiger partial charge in [-0.25, -0.2) is 0 Å². The molecule has 0 atom stereocenters. The van der Waals surface area contributed by atoms with E-state index in [4.69, 9.17) is 9.47 Å². The number of rotatable bonds is 13. The van der Waals surface area contributed by atoms with Crippen LogP contribution >= 0.6 is 21.6 Å². The van der Waals surface area contributed by atoms with E-state index in [1.165, 1.54) is 21.6 Å². The molecule has 0 saturated heterocycles. The van der Waals surface area contributed by atoms with Gasteiger partial charge in [-0.1, -0.05) is 27.7 Å². The quantitative estimate of drug-likeness (QED) is 0.0861. The van der Waals surface area contributed by atoms with Crippen molar-refractivity contribution in [3.63, 3.8) is 0 Å². The maximum atomic E-state index is 12.3. The van der Waals surface area contributed by atoms with Gasteiger partial charge in [0.15, 0.2) is 0 Å². The Kier molecular flexibility index (Phi) is 11.4. The number of hydrogen-bond donors (Lipinski definition) is 0. The standard InChI is InChI=1S/C19H28N2O6S2/c1-6-7-16(25-5)12-17-14(2)20(4)15(3)18(17)13-19(22)26-8-10-28-29-11-9-27-21(23)24/h6-7,12H,8-11,13H2,1-5H3/b7-6-,16-12+. The van der Waals surface area contributed by atoms with Crippen molar-refractivity contribution in [1.82, 2.24) is 4.57 Å². The molecule has 0 aliphatic rings. The lowest BCUT2D eigenvalue weighted by Gasteiger charge is -2.07.